The summed E-state index contributed by atoms with van der Waals surface area (Å²) in [6.45, 7) is 1.17. The van der Waals surface area contributed by atoms with Gasteiger partial charge in [0.15, 0.2) is 0 Å². The van der Waals surface area contributed by atoms with Crippen LogP contribution in [0.5, 0.6) is 0 Å². The normalized spacial score (nSPS) is 40.8. The first kappa shape index (κ1) is 12.3. The van der Waals surface area contributed by atoms with E-state index < -0.39 is 0 Å². The molecule has 0 aromatic carbocycles. The number of hydrogen-bond acceptors (Lipinski definition) is 2. The molecule has 0 spiro atoms. The van der Waals surface area contributed by atoms with Crippen LogP contribution in [0.4, 0.5) is 4.79 Å². The highest BCUT2D eigenvalue weighted by atomic mass is 16.3. The maximum atomic E-state index is 11.5. The van der Waals surface area contributed by atoms with Crippen LogP contribution >= 0.6 is 0 Å². The van der Waals surface area contributed by atoms with Gasteiger partial charge in [-0.15, -0.1) is 0 Å². The minimum atomic E-state index is -0.127. The lowest BCUT2D eigenvalue weighted by Gasteiger charge is -2.54. The molecular weight excluding hydrogens is 228 g/mol. The van der Waals surface area contributed by atoms with Gasteiger partial charge < -0.3 is 15.7 Å². The van der Waals surface area contributed by atoms with Gasteiger partial charge in [0, 0.05) is 13.1 Å². The number of aliphatic hydroxyl groups is 1. The Morgan fingerprint density at radius 3 is 2.17 bits per heavy atom. The molecule has 0 atom stereocenters. The molecule has 0 heterocycles. The molecular formula is C14H24N2O2. The molecule has 0 aliphatic heterocycles. The number of aliphatic hydroxyl groups excluding tert-OH is 1. The van der Waals surface area contributed by atoms with E-state index in [1.54, 1.807) is 0 Å². The molecule has 18 heavy (non-hydrogen) atoms. The molecule has 102 valence electrons. The summed E-state index contributed by atoms with van der Waals surface area (Å²) in [7, 11) is 0. The van der Waals surface area contributed by atoms with Crippen molar-refractivity contribution in [2.45, 2.75) is 32.1 Å². The molecule has 0 radical (unpaired) electrons. The van der Waals surface area contributed by atoms with Crippen molar-refractivity contribution in [2.24, 2.45) is 29.6 Å². The molecule has 0 aromatic rings. The monoisotopic (exact) mass is 252 g/mol. The fourth-order valence-electron chi connectivity index (χ4n) is 4.81. The Balaban J connectivity index is 1.50. The number of nitrogens with one attached hydrogen (secondary N) is 2. The highest BCUT2D eigenvalue weighted by Crippen LogP contribution is 2.56. The third kappa shape index (κ3) is 2.35. The van der Waals surface area contributed by atoms with Gasteiger partial charge in [-0.1, -0.05) is 0 Å². The van der Waals surface area contributed by atoms with E-state index in [9.17, 15) is 4.79 Å². The van der Waals surface area contributed by atoms with E-state index in [0.717, 1.165) is 30.2 Å². The smallest absolute Gasteiger partial charge is 0.314 e. The summed E-state index contributed by atoms with van der Waals surface area (Å²) in [4.78, 5) is 11.5. The number of carbonyl (C=O) groups excluding carboxylic acids is 1. The van der Waals surface area contributed by atoms with E-state index in [2.05, 4.69) is 10.6 Å². The van der Waals surface area contributed by atoms with Crippen molar-refractivity contribution in [1.82, 2.24) is 10.6 Å². The zero-order chi connectivity index (χ0) is 12.5. The molecule has 0 unspecified atom stereocenters. The first-order valence-electron chi connectivity index (χ1n) is 7.38. The molecule has 0 aromatic heterocycles. The fourth-order valence-corrected chi connectivity index (χ4v) is 4.81. The van der Waals surface area contributed by atoms with Gasteiger partial charge in [0.05, 0.1) is 6.61 Å². The summed E-state index contributed by atoms with van der Waals surface area (Å²) in [6, 6.07) is -0.127. The van der Waals surface area contributed by atoms with Crippen molar-refractivity contribution in [3.8, 4) is 0 Å². The first-order chi connectivity index (χ1) is 8.76. The van der Waals surface area contributed by atoms with Crippen molar-refractivity contribution in [1.29, 1.82) is 0 Å². The lowest BCUT2D eigenvalue weighted by molar-refractivity contribution is -0.0343. The third-order valence-corrected chi connectivity index (χ3v) is 5.32. The van der Waals surface area contributed by atoms with Gasteiger partial charge in [0.2, 0.25) is 0 Å². The van der Waals surface area contributed by atoms with Crippen LogP contribution in [0.3, 0.4) is 0 Å². The van der Waals surface area contributed by atoms with Crippen LogP contribution in [0.1, 0.15) is 32.1 Å². The summed E-state index contributed by atoms with van der Waals surface area (Å²) in [6.07, 6.45) is 7.08. The average molecular weight is 252 g/mol. The van der Waals surface area contributed by atoms with Gasteiger partial charge in [-0.3, -0.25) is 0 Å². The Labute approximate surface area is 109 Å². The average Bonchev–Trinajstić information content (AvgIpc) is 2.34. The van der Waals surface area contributed by atoms with Gasteiger partial charge in [0.25, 0.3) is 0 Å². The highest BCUT2D eigenvalue weighted by molar-refractivity contribution is 5.73. The quantitative estimate of drug-likeness (QED) is 0.707. The van der Waals surface area contributed by atoms with Crippen molar-refractivity contribution < 1.29 is 9.90 Å². The van der Waals surface area contributed by atoms with Crippen molar-refractivity contribution in [3.63, 3.8) is 0 Å². The van der Waals surface area contributed by atoms with E-state index in [1.165, 1.54) is 32.1 Å². The summed E-state index contributed by atoms with van der Waals surface area (Å²) in [5, 5.41) is 14.3. The van der Waals surface area contributed by atoms with Crippen LogP contribution in [0.25, 0.3) is 0 Å². The Morgan fingerprint density at radius 1 is 1.00 bits per heavy atom. The zero-order valence-corrected chi connectivity index (χ0v) is 10.9. The predicted molar refractivity (Wildman–Crippen MR) is 69.0 cm³/mol. The number of amides is 2. The van der Waals surface area contributed by atoms with Crippen LogP contribution in [0.15, 0.2) is 0 Å². The predicted octanol–water partition coefficient (Wildman–Crippen LogP) is 1.35. The van der Waals surface area contributed by atoms with Crippen LogP contribution in [0, 0.1) is 29.6 Å². The van der Waals surface area contributed by atoms with Crippen molar-refractivity contribution in [3.05, 3.63) is 0 Å². The van der Waals surface area contributed by atoms with E-state index in [-0.39, 0.29) is 12.6 Å². The second-order valence-corrected chi connectivity index (χ2v) is 6.45. The van der Waals surface area contributed by atoms with Gasteiger partial charge in [-0.25, -0.2) is 4.79 Å². The first-order valence-corrected chi connectivity index (χ1v) is 7.38. The standard InChI is InChI=1S/C14H24N2O2/c17-2-1-15-14(18)16-8-13-11-4-9-3-10(6-11)7-12(13)5-9/h9-13,17H,1-8H2,(H2,15,16,18). The molecule has 4 nitrogen and oxygen atoms in total. The number of urea groups is 1. The zero-order valence-electron chi connectivity index (χ0n) is 10.9. The van der Waals surface area contributed by atoms with Gasteiger partial charge in [0.1, 0.15) is 0 Å². The van der Waals surface area contributed by atoms with E-state index >= 15 is 0 Å². The topological polar surface area (TPSA) is 61.4 Å². The summed E-state index contributed by atoms with van der Waals surface area (Å²) < 4.78 is 0. The molecule has 4 heteroatoms. The Kier molecular flexibility index (Phi) is 3.46. The Bertz CT molecular complexity index is 291. The molecule has 4 rings (SSSR count). The van der Waals surface area contributed by atoms with Gasteiger partial charge in [-0.05, 0) is 61.7 Å². The van der Waals surface area contributed by atoms with Crippen LogP contribution in [0.2, 0.25) is 0 Å². The van der Waals surface area contributed by atoms with E-state index in [1.807, 2.05) is 0 Å². The number of hydrogen-bond donors (Lipinski definition) is 3. The van der Waals surface area contributed by atoms with Crippen molar-refractivity contribution in [2.75, 3.05) is 19.7 Å². The molecule has 2 amide bonds. The maximum Gasteiger partial charge on any atom is 0.314 e. The van der Waals surface area contributed by atoms with Crippen LogP contribution in [-0.4, -0.2) is 30.8 Å². The third-order valence-electron chi connectivity index (χ3n) is 5.32. The van der Waals surface area contributed by atoms with Gasteiger partial charge in [-0.2, -0.15) is 0 Å². The highest BCUT2D eigenvalue weighted by Gasteiger charge is 2.47. The van der Waals surface area contributed by atoms with Crippen molar-refractivity contribution >= 4 is 6.03 Å². The minimum absolute atomic E-state index is 0.00542. The number of rotatable bonds is 4. The number of carbonyl (C=O) groups is 1. The molecule has 4 bridgehead atoms. The second-order valence-electron chi connectivity index (χ2n) is 6.45. The molecule has 4 fully saturated rings. The van der Waals surface area contributed by atoms with Crippen LogP contribution < -0.4 is 10.6 Å². The summed E-state index contributed by atoms with van der Waals surface area (Å²) in [5.41, 5.74) is 0. The fraction of sp³-hybridized carbons (Fsp3) is 0.929. The Hall–Kier alpha value is -0.770. The van der Waals surface area contributed by atoms with E-state index in [4.69, 9.17) is 5.11 Å². The van der Waals surface area contributed by atoms with E-state index in [0.29, 0.717) is 12.5 Å². The molecule has 3 N–H and O–H groups in total. The molecule has 4 saturated carbocycles. The second kappa shape index (κ2) is 5.08. The lowest BCUT2D eigenvalue weighted by atomic mass is 9.52. The SMILES string of the molecule is O=C(NCCO)NCC1C2CC3CC(C2)CC1C3. The maximum absolute atomic E-state index is 11.5. The van der Waals surface area contributed by atoms with Crippen LogP contribution in [-0.2, 0) is 0 Å². The molecule has 4 aliphatic carbocycles. The molecule has 0 saturated heterocycles. The summed E-state index contributed by atoms with van der Waals surface area (Å²) >= 11 is 0. The minimum Gasteiger partial charge on any atom is -0.395 e. The summed E-state index contributed by atoms with van der Waals surface area (Å²) in [5.74, 6) is 4.41. The molecule has 4 aliphatic rings. The lowest BCUT2D eigenvalue weighted by Crippen LogP contribution is -2.50. The largest absolute Gasteiger partial charge is 0.395 e. The Morgan fingerprint density at radius 2 is 1.61 bits per heavy atom. The van der Waals surface area contributed by atoms with Gasteiger partial charge >= 0.3 is 6.03 Å².